The Morgan fingerprint density at radius 2 is 2.07 bits per heavy atom. The van der Waals surface area contributed by atoms with Crippen LogP contribution in [0.5, 0.6) is 0 Å². The second-order valence-electron chi connectivity index (χ2n) is 3.54. The first kappa shape index (κ1) is 10.3. The van der Waals surface area contributed by atoms with Crippen molar-refractivity contribution in [2.45, 2.75) is 19.9 Å². The standard InChI is InChI=1S/C11H13N3S/c1-7-3-4-9(5-13-7)11-14-6-10(15-11)8(2)12/h3-6,8H,12H2,1-2H3. The van der Waals surface area contributed by atoms with Gasteiger partial charge in [0.25, 0.3) is 0 Å². The van der Waals surface area contributed by atoms with Crippen molar-refractivity contribution in [1.29, 1.82) is 0 Å². The summed E-state index contributed by atoms with van der Waals surface area (Å²) in [5.74, 6) is 0. The third-order valence-electron chi connectivity index (χ3n) is 2.13. The molecule has 0 aromatic carbocycles. The van der Waals surface area contributed by atoms with Crippen molar-refractivity contribution in [3.05, 3.63) is 35.1 Å². The lowest BCUT2D eigenvalue weighted by molar-refractivity contribution is 0.835. The van der Waals surface area contributed by atoms with Gasteiger partial charge in [0.1, 0.15) is 5.01 Å². The predicted molar refractivity (Wildman–Crippen MR) is 62.7 cm³/mol. The molecule has 78 valence electrons. The van der Waals surface area contributed by atoms with E-state index < -0.39 is 0 Å². The van der Waals surface area contributed by atoms with E-state index in [1.54, 1.807) is 11.3 Å². The average molecular weight is 219 g/mol. The van der Waals surface area contributed by atoms with Crippen molar-refractivity contribution >= 4 is 11.3 Å². The molecule has 2 aromatic heterocycles. The minimum Gasteiger partial charge on any atom is -0.323 e. The molecule has 4 heteroatoms. The van der Waals surface area contributed by atoms with E-state index in [2.05, 4.69) is 9.97 Å². The van der Waals surface area contributed by atoms with Crippen LogP contribution in [0.4, 0.5) is 0 Å². The van der Waals surface area contributed by atoms with Gasteiger partial charge in [0.05, 0.1) is 0 Å². The van der Waals surface area contributed by atoms with Crippen molar-refractivity contribution in [3.63, 3.8) is 0 Å². The van der Waals surface area contributed by atoms with Crippen LogP contribution in [-0.2, 0) is 0 Å². The summed E-state index contributed by atoms with van der Waals surface area (Å²) in [5, 5.41) is 0.981. The van der Waals surface area contributed by atoms with Gasteiger partial charge in [0.2, 0.25) is 0 Å². The monoisotopic (exact) mass is 219 g/mol. The lowest BCUT2D eigenvalue weighted by Gasteiger charge is -1.98. The minimum absolute atomic E-state index is 0.0506. The number of rotatable bonds is 2. The highest BCUT2D eigenvalue weighted by Crippen LogP contribution is 2.27. The molecule has 0 saturated carbocycles. The summed E-state index contributed by atoms with van der Waals surface area (Å²) in [4.78, 5) is 9.68. The van der Waals surface area contributed by atoms with Crippen molar-refractivity contribution in [3.8, 4) is 10.6 Å². The molecule has 2 N–H and O–H groups in total. The van der Waals surface area contributed by atoms with Crippen LogP contribution in [0.2, 0.25) is 0 Å². The van der Waals surface area contributed by atoms with E-state index in [4.69, 9.17) is 5.73 Å². The second kappa shape index (κ2) is 4.08. The quantitative estimate of drug-likeness (QED) is 0.844. The molecule has 0 radical (unpaired) electrons. The SMILES string of the molecule is Cc1ccc(-c2ncc(C(C)N)s2)cn1. The van der Waals surface area contributed by atoms with E-state index in [1.165, 1.54) is 0 Å². The second-order valence-corrected chi connectivity index (χ2v) is 4.61. The topological polar surface area (TPSA) is 51.8 Å². The molecule has 0 aliphatic rings. The van der Waals surface area contributed by atoms with Crippen LogP contribution < -0.4 is 5.73 Å². The summed E-state index contributed by atoms with van der Waals surface area (Å²) in [7, 11) is 0. The lowest BCUT2D eigenvalue weighted by Crippen LogP contribution is -2.01. The Balaban J connectivity index is 2.33. The van der Waals surface area contributed by atoms with E-state index in [1.807, 2.05) is 38.4 Å². The van der Waals surface area contributed by atoms with Gasteiger partial charge in [0, 0.05) is 34.6 Å². The van der Waals surface area contributed by atoms with E-state index >= 15 is 0 Å². The third kappa shape index (κ3) is 2.22. The van der Waals surface area contributed by atoms with Crippen molar-refractivity contribution < 1.29 is 0 Å². The highest BCUT2D eigenvalue weighted by Gasteiger charge is 2.07. The number of thiazole rings is 1. The molecule has 0 aliphatic heterocycles. The Morgan fingerprint density at radius 3 is 2.60 bits per heavy atom. The van der Waals surface area contributed by atoms with Crippen LogP contribution in [0.3, 0.4) is 0 Å². The van der Waals surface area contributed by atoms with Crippen LogP contribution in [-0.4, -0.2) is 9.97 Å². The third-order valence-corrected chi connectivity index (χ3v) is 3.38. The summed E-state index contributed by atoms with van der Waals surface area (Å²) in [6.07, 6.45) is 3.68. The van der Waals surface area contributed by atoms with E-state index in [-0.39, 0.29) is 6.04 Å². The largest absolute Gasteiger partial charge is 0.323 e. The van der Waals surface area contributed by atoms with Gasteiger partial charge < -0.3 is 5.73 Å². The molecule has 1 atom stereocenters. The lowest BCUT2D eigenvalue weighted by atomic mass is 10.3. The first-order chi connectivity index (χ1) is 7.16. The Morgan fingerprint density at radius 1 is 1.27 bits per heavy atom. The molecule has 2 aromatic rings. The fraction of sp³-hybridized carbons (Fsp3) is 0.273. The van der Waals surface area contributed by atoms with Gasteiger partial charge in [-0.3, -0.25) is 4.98 Å². The molecular weight excluding hydrogens is 206 g/mol. The van der Waals surface area contributed by atoms with Gasteiger partial charge in [-0.05, 0) is 26.0 Å². The van der Waals surface area contributed by atoms with E-state index in [0.717, 1.165) is 21.1 Å². The predicted octanol–water partition coefficient (Wildman–Crippen LogP) is 2.53. The zero-order valence-corrected chi connectivity index (χ0v) is 9.58. The highest BCUT2D eigenvalue weighted by atomic mass is 32.1. The molecule has 0 aliphatic carbocycles. The average Bonchev–Trinajstić information content (AvgIpc) is 2.68. The van der Waals surface area contributed by atoms with Gasteiger partial charge in [-0.25, -0.2) is 4.98 Å². The number of hydrogen-bond acceptors (Lipinski definition) is 4. The number of hydrogen-bond donors (Lipinski definition) is 1. The molecule has 3 nitrogen and oxygen atoms in total. The molecule has 0 spiro atoms. The maximum absolute atomic E-state index is 5.78. The number of nitrogens with zero attached hydrogens (tertiary/aromatic N) is 2. The van der Waals surface area contributed by atoms with Crippen molar-refractivity contribution in [2.24, 2.45) is 5.73 Å². The zero-order valence-electron chi connectivity index (χ0n) is 8.77. The van der Waals surface area contributed by atoms with Gasteiger partial charge >= 0.3 is 0 Å². The summed E-state index contributed by atoms with van der Waals surface area (Å²) in [5.41, 5.74) is 7.85. The highest BCUT2D eigenvalue weighted by molar-refractivity contribution is 7.15. The fourth-order valence-corrected chi connectivity index (χ4v) is 2.08. The molecule has 2 heterocycles. The number of nitrogens with two attached hydrogens (primary N) is 1. The van der Waals surface area contributed by atoms with Crippen LogP contribution in [0.15, 0.2) is 24.5 Å². The zero-order chi connectivity index (χ0) is 10.8. The van der Waals surface area contributed by atoms with E-state index in [0.29, 0.717) is 0 Å². The Hall–Kier alpha value is -1.26. The van der Waals surface area contributed by atoms with Gasteiger partial charge in [0.15, 0.2) is 0 Å². The summed E-state index contributed by atoms with van der Waals surface area (Å²) < 4.78 is 0. The molecule has 0 bridgehead atoms. The van der Waals surface area contributed by atoms with Crippen molar-refractivity contribution in [1.82, 2.24) is 9.97 Å². The number of aromatic nitrogens is 2. The summed E-state index contributed by atoms with van der Waals surface area (Å²) in [6, 6.07) is 4.07. The maximum Gasteiger partial charge on any atom is 0.125 e. The van der Waals surface area contributed by atoms with Gasteiger partial charge in [-0.15, -0.1) is 11.3 Å². The molecule has 0 fully saturated rings. The fourth-order valence-electron chi connectivity index (χ4n) is 1.22. The smallest absolute Gasteiger partial charge is 0.125 e. The van der Waals surface area contributed by atoms with E-state index in [9.17, 15) is 0 Å². The first-order valence-corrected chi connectivity index (χ1v) is 5.63. The van der Waals surface area contributed by atoms with Gasteiger partial charge in [-0.1, -0.05) is 0 Å². The van der Waals surface area contributed by atoms with Gasteiger partial charge in [-0.2, -0.15) is 0 Å². The van der Waals surface area contributed by atoms with Crippen molar-refractivity contribution in [2.75, 3.05) is 0 Å². The molecule has 1 unspecified atom stereocenters. The number of aryl methyl sites for hydroxylation is 1. The van der Waals surface area contributed by atoms with Crippen LogP contribution >= 0.6 is 11.3 Å². The molecule has 0 saturated heterocycles. The van der Waals surface area contributed by atoms with Crippen LogP contribution in [0.1, 0.15) is 23.5 Å². The Kier molecular flexibility index (Phi) is 2.79. The van der Waals surface area contributed by atoms with Crippen LogP contribution in [0.25, 0.3) is 10.6 Å². The molecule has 0 amide bonds. The van der Waals surface area contributed by atoms with Crippen LogP contribution in [0, 0.1) is 6.92 Å². The first-order valence-electron chi connectivity index (χ1n) is 4.81. The molecule has 2 rings (SSSR count). The molecule has 15 heavy (non-hydrogen) atoms. The summed E-state index contributed by atoms with van der Waals surface area (Å²) >= 11 is 1.62. The maximum atomic E-state index is 5.78. The summed E-state index contributed by atoms with van der Waals surface area (Å²) in [6.45, 7) is 3.93. The minimum atomic E-state index is 0.0506. The Bertz CT molecular complexity index is 445. The number of pyridine rings is 1. The Labute approximate surface area is 93.0 Å². The molecular formula is C11H13N3S. The normalized spacial score (nSPS) is 12.7.